The summed E-state index contributed by atoms with van der Waals surface area (Å²) in [6.45, 7) is 7.68. The maximum atomic E-state index is 12.8. The van der Waals surface area contributed by atoms with Crippen LogP contribution >= 0.6 is 11.3 Å². The van der Waals surface area contributed by atoms with E-state index < -0.39 is 0 Å². The van der Waals surface area contributed by atoms with Crippen LogP contribution in [-0.2, 0) is 4.79 Å². The maximum absolute atomic E-state index is 12.8. The Morgan fingerprint density at radius 3 is 2.88 bits per heavy atom. The van der Waals surface area contributed by atoms with Gasteiger partial charge in [0.2, 0.25) is 5.91 Å². The zero-order valence-electron chi connectivity index (χ0n) is 14.6. The van der Waals surface area contributed by atoms with Crippen molar-refractivity contribution in [1.29, 1.82) is 0 Å². The second-order valence-electron chi connectivity index (χ2n) is 6.13. The van der Waals surface area contributed by atoms with Crippen LogP contribution in [-0.4, -0.2) is 42.5 Å². The smallest absolute Gasteiger partial charge is 0.241 e. The topological polar surface area (TPSA) is 45.7 Å². The monoisotopic (exact) mass is 345 g/mol. The third-order valence-electron chi connectivity index (χ3n) is 4.41. The molecule has 5 nitrogen and oxygen atoms in total. The number of carbonyl (C=O) groups excluding carboxylic acids is 1. The van der Waals surface area contributed by atoms with Gasteiger partial charge in [0.15, 0.2) is 0 Å². The van der Waals surface area contributed by atoms with E-state index in [1.165, 1.54) is 4.88 Å². The molecule has 3 rings (SSSR count). The minimum atomic E-state index is 0.0877. The van der Waals surface area contributed by atoms with Crippen LogP contribution in [0, 0.1) is 13.8 Å². The standard InChI is InChI=1S/C18H23N3O2S/c1-12(18-13(2)24-14(3)19-18)20(4)11-17(22)21-9-10-23-16-8-6-5-7-15(16)21/h5-8,12H,9-11H2,1-4H3. The van der Waals surface area contributed by atoms with Crippen LogP contribution in [0.5, 0.6) is 5.75 Å². The number of likely N-dealkylation sites (N-methyl/N-ethyl adjacent to an activating group) is 1. The molecule has 0 saturated heterocycles. The second kappa shape index (κ2) is 6.91. The summed E-state index contributed by atoms with van der Waals surface area (Å²) in [7, 11) is 1.98. The molecule has 1 aliphatic rings. The molecule has 1 amide bonds. The summed E-state index contributed by atoms with van der Waals surface area (Å²) in [5, 5.41) is 1.07. The number of ether oxygens (including phenoxy) is 1. The molecule has 2 heterocycles. The van der Waals surface area contributed by atoms with Crippen molar-refractivity contribution in [3.63, 3.8) is 0 Å². The van der Waals surface area contributed by atoms with Crippen molar-refractivity contribution < 1.29 is 9.53 Å². The Hall–Kier alpha value is -1.92. The predicted octanol–water partition coefficient (Wildman–Crippen LogP) is 3.18. The molecule has 0 saturated carbocycles. The number of hydrogen-bond donors (Lipinski definition) is 0. The Kier molecular flexibility index (Phi) is 4.87. The fourth-order valence-corrected chi connectivity index (χ4v) is 3.91. The number of anilines is 1. The second-order valence-corrected chi connectivity index (χ2v) is 7.53. The normalized spacial score (nSPS) is 15.1. The van der Waals surface area contributed by atoms with Crippen LogP contribution < -0.4 is 9.64 Å². The number of rotatable bonds is 4. The minimum Gasteiger partial charge on any atom is -0.490 e. The van der Waals surface area contributed by atoms with Gasteiger partial charge in [0, 0.05) is 4.88 Å². The number of thiazole rings is 1. The molecule has 0 spiro atoms. The summed E-state index contributed by atoms with van der Waals surface area (Å²) in [6.07, 6.45) is 0. The molecule has 0 radical (unpaired) electrons. The van der Waals surface area contributed by atoms with Crippen molar-refractivity contribution in [3.8, 4) is 5.75 Å². The lowest BCUT2D eigenvalue weighted by molar-refractivity contribution is -0.120. The lowest BCUT2D eigenvalue weighted by atomic mass is 10.2. The fourth-order valence-electron chi connectivity index (χ4n) is 3.01. The van der Waals surface area contributed by atoms with E-state index in [1.807, 2.05) is 43.1 Å². The highest BCUT2D eigenvalue weighted by molar-refractivity contribution is 7.11. The summed E-state index contributed by atoms with van der Waals surface area (Å²) in [6, 6.07) is 7.80. The van der Waals surface area contributed by atoms with E-state index in [9.17, 15) is 4.79 Å². The SMILES string of the molecule is Cc1nc(C(C)N(C)CC(=O)N2CCOc3ccccc32)c(C)s1. The van der Waals surface area contributed by atoms with Gasteiger partial charge < -0.3 is 9.64 Å². The summed E-state index contributed by atoms with van der Waals surface area (Å²) >= 11 is 1.70. The number of benzene rings is 1. The molecule has 1 aliphatic heterocycles. The van der Waals surface area contributed by atoms with E-state index in [4.69, 9.17) is 4.74 Å². The Morgan fingerprint density at radius 2 is 2.17 bits per heavy atom. The average Bonchev–Trinajstić information content (AvgIpc) is 2.91. The molecule has 1 unspecified atom stereocenters. The molecule has 0 bridgehead atoms. The zero-order valence-corrected chi connectivity index (χ0v) is 15.4. The highest BCUT2D eigenvalue weighted by Gasteiger charge is 2.26. The molecule has 0 N–H and O–H groups in total. The first-order chi connectivity index (χ1) is 11.5. The number of aryl methyl sites for hydroxylation is 2. The van der Waals surface area contributed by atoms with Crippen molar-refractivity contribution >= 4 is 22.9 Å². The van der Waals surface area contributed by atoms with Gasteiger partial charge in [0.05, 0.1) is 35.5 Å². The predicted molar refractivity (Wildman–Crippen MR) is 96.9 cm³/mol. The Bertz CT molecular complexity index is 744. The molecule has 1 aromatic heterocycles. The Balaban J connectivity index is 1.72. The van der Waals surface area contributed by atoms with Crippen LogP contribution in [0.25, 0.3) is 0 Å². The number of aromatic nitrogens is 1. The number of nitrogens with zero attached hydrogens (tertiary/aromatic N) is 3. The number of hydrogen-bond acceptors (Lipinski definition) is 5. The minimum absolute atomic E-state index is 0.0877. The quantitative estimate of drug-likeness (QED) is 0.854. The van der Waals surface area contributed by atoms with Gasteiger partial charge in [-0.3, -0.25) is 9.69 Å². The summed E-state index contributed by atoms with van der Waals surface area (Å²) in [5.74, 6) is 0.864. The van der Waals surface area contributed by atoms with Gasteiger partial charge >= 0.3 is 0 Å². The molecular formula is C18H23N3O2S. The van der Waals surface area contributed by atoms with Gasteiger partial charge in [-0.2, -0.15) is 0 Å². The lowest BCUT2D eigenvalue weighted by Crippen LogP contribution is -2.43. The molecule has 24 heavy (non-hydrogen) atoms. The van der Waals surface area contributed by atoms with Gasteiger partial charge in [-0.25, -0.2) is 4.98 Å². The van der Waals surface area contributed by atoms with Gasteiger partial charge in [-0.05, 0) is 40.0 Å². The number of carbonyl (C=O) groups is 1. The highest BCUT2D eigenvalue weighted by atomic mass is 32.1. The average molecular weight is 345 g/mol. The van der Waals surface area contributed by atoms with Gasteiger partial charge in [-0.1, -0.05) is 12.1 Å². The highest BCUT2D eigenvalue weighted by Crippen LogP contribution is 2.31. The first kappa shape index (κ1) is 16.9. The summed E-state index contributed by atoms with van der Waals surface area (Å²) < 4.78 is 5.63. The van der Waals surface area contributed by atoms with Crippen LogP contribution in [0.4, 0.5) is 5.69 Å². The van der Waals surface area contributed by atoms with Gasteiger partial charge in [0.25, 0.3) is 0 Å². The van der Waals surface area contributed by atoms with E-state index in [1.54, 1.807) is 11.3 Å². The van der Waals surface area contributed by atoms with Crippen molar-refractivity contribution in [2.45, 2.75) is 26.8 Å². The molecular weight excluding hydrogens is 322 g/mol. The largest absolute Gasteiger partial charge is 0.490 e. The van der Waals surface area contributed by atoms with Crippen LogP contribution in [0.3, 0.4) is 0 Å². The summed E-state index contributed by atoms with van der Waals surface area (Å²) in [4.78, 5) is 22.5. The summed E-state index contributed by atoms with van der Waals surface area (Å²) in [5.41, 5.74) is 1.92. The van der Waals surface area contributed by atoms with E-state index >= 15 is 0 Å². The van der Waals surface area contributed by atoms with Crippen LogP contribution in [0.2, 0.25) is 0 Å². The van der Waals surface area contributed by atoms with E-state index in [-0.39, 0.29) is 11.9 Å². The molecule has 128 valence electrons. The van der Waals surface area contributed by atoms with Gasteiger partial charge in [0.1, 0.15) is 12.4 Å². The van der Waals surface area contributed by atoms with Crippen LogP contribution in [0.15, 0.2) is 24.3 Å². The third kappa shape index (κ3) is 3.30. The Morgan fingerprint density at radius 1 is 1.42 bits per heavy atom. The number of fused-ring (bicyclic) bond motifs is 1. The van der Waals surface area contributed by atoms with E-state index in [0.29, 0.717) is 19.7 Å². The van der Waals surface area contributed by atoms with Crippen molar-refractivity contribution in [2.75, 3.05) is 31.6 Å². The van der Waals surface area contributed by atoms with Crippen LogP contribution in [0.1, 0.15) is 28.5 Å². The molecule has 1 atom stereocenters. The van der Waals surface area contributed by atoms with E-state index in [2.05, 4.69) is 23.7 Å². The molecule has 0 fully saturated rings. The number of para-hydroxylation sites is 2. The van der Waals surface area contributed by atoms with Crippen molar-refractivity contribution in [1.82, 2.24) is 9.88 Å². The molecule has 1 aromatic carbocycles. The van der Waals surface area contributed by atoms with Crippen molar-refractivity contribution in [3.05, 3.63) is 39.8 Å². The lowest BCUT2D eigenvalue weighted by Gasteiger charge is -2.32. The first-order valence-electron chi connectivity index (χ1n) is 8.13. The molecule has 6 heteroatoms. The maximum Gasteiger partial charge on any atom is 0.241 e. The van der Waals surface area contributed by atoms with Gasteiger partial charge in [-0.15, -0.1) is 11.3 Å². The molecule has 2 aromatic rings. The number of amides is 1. The Labute approximate surface area is 146 Å². The third-order valence-corrected chi connectivity index (χ3v) is 5.31. The first-order valence-corrected chi connectivity index (χ1v) is 8.95. The van der Waals surface area contributed by atoms with Crippen molar-refractivity contribution in [2.24, 2.45) is 0 Å². The van der Waals surface area contributed by atoms with E-state index in [0.717, 1.165) is 22.1 Å². The molecule has 0 aliphatic carbocycles. The zero-order chi connectivity index (χ0) is 17.3. The fraction of sp³-hybridized carbons (Fsp3) is 0.444.